The number of hydrogen-bond acceptors (Lipinski definition) is 3. The molecule has 0 saturated heterocycles. The molecule has 88 valence electrons. The number of nitrogens with one attached hydrogen (secondary N) is 1. The van der Waals surface area contributed by atoms with Gasteiger partial charge in [0.1, 0.15) is 11.6 Å². The number of hydrogen-bond donors (Lipinski definition) is 1. The Morgan fingerprint density at radius 2 is 2.00 bits per heavy atom. The van der Waals surface area contributed by atoms with Gasteiger partial charge in [0.25, 0.3) is 0 Å². The zero-order valence-electron chi connectivity index (χ0n) is 8.33. The van der Waals surface area contributed by atoms with Crippen LogP contribution in [-0.4, -0.2) is 27.0 Å². The first kappa shape index (κ1) is 12.7. The first-order chi connectivity index (χ1) is 7.29. The first-order valence-electron chi connectivity index (χ1n) is 4.22. The predicted octanol–water partition coefficient (Wildman–Crippen LogP) is 0.697. The monoisotopic (exact) mass is 249 g/mol. The SMILES string of the molecule is CS(=O)(=O)NCC(=O)c1ccc(F)cc1F. The minimum absolute atomic E-state index is 0.349. The maximum atomic E-state index is 13.1. The molecule has 0 heterocycles. The van der Waals surface area contributed by atoms with Crippen LogP contribution in [0.1, 0.15) is 10.4 Å². The number of Topliss-reactive ketones (excluding diaryl/α,β-unsaturated/α-hetero) is 1. The summed E-state index contributed by atoms with van der Waals surface area (Å²) >= 11 is 0. The topological polar surface area (TPSA) is 63.2 Å². The van der Waals surface area contributed by atoms with Crippen LogP contribution in [0.3, 0.4) is 0 Å². The highest BCUT2D eigenvalue weighted by Gasteiger charge is 2.13. The van der Waals surface area contributed by atoms with E-state index in [1.807, 2.05) is 4.72 Å². The average molecular weight is 249 g/mol. The van der Waals surface area contributed by atoms with Gasteiger partial charge in [-0.2, -0.15) is 0 Å². The van der Waals surface area contributed by atoms with Crippen molar-refractivity contribution >= 4 is 15.8 Å². The van der Waals surface area contributed by atoms with Gasteiger partial charge in [0.05, 0.1) is 18.4 Å². The maximum Gasteiger partial charge on any atom is 0.209 e. The Hall–Kier alpha value is -1.34. The quantitative estimate of drug-likeness (QED) is 0.799. The highest BCUT2D eigenvalue weighted by Crippen LogP contribution is 2.09. The summed E-state index contributed by atoms with van der Waals surface area (Å²) in [6, 6.07) is 2.46. The van der Waals surface area contributed by atoms with Gasteiger partial charge in [-0.3, -0.25) is 4.79 Å². The summed E-state index contributed by atoms with van der Waals surface area (Å²) in [6.45, 7) is -0.554. The lowest BCUT2D eigenvalue weighted by Gasteiger charge is -2.03. The molecule has 1 N–H and O–H groups in total. The predicted molar refractivity (Wildman–Crippen MR) is 53.5 cm³/mol. The molecule has 4 nitrogen and oxygen atoms in total. The second kappa shape index (κ2) is 4.67. The number of rotatable bonds is 4. The van der Waals surface area contributed by atoms with Gasteiger partial charge < -0.3 is 0 Å². The van der Waals surface area contributed by atoms with E-state index in [0.29, 0.717) is 6.07 Å². The molecule has 0 unspecified atom stereocenters. The van der Waals surface area contributed by atoms with E-state index < -0.39 is 34.0 Å². The zero-order valence-corrected chi connectivity index (χ0v) is 9.14. The molecule has 0 aliphatic heterocycles. The van der Waals surface area contributed by atoms with Gasteiger partial charge in [-0.1, -0.05) is 0 Å². The van der Waals surface area contributed by atoms with E-state index in [9.17, 15) is 22.0 Å². The van der Waals surface area contributed by atoms with Gasteiger partial charge in [0.15, 0.2) is 5.78 Å². The molecule has 7 heteroatoms. The van der Waals surface area contributed by atoms with Crippen LogP contribution in [0.25, 0.3) is 0 Å². The fourth-order valence-electron chi connectivity index (χ4n) is 1.01. The molecule has 0 saturated carbocycles. The number of sulfonamides is 1. The maximum absolute atomic E-state index is 13.1. The molecule has 0 radical (unpaired) electrons. The zero-order chi connectivity index (χ0) is 12.3. The Morgan fingerprint density at radius 3 is 2.50 bits per heavy atom. The molecule has 0 fully saturated rings. The lowest BCUT2D eigenvalue weighted by Crippen LogP contribution is -2.28. The van der Waals surface area contributed by atoms with Crippen LogP contribution in [0.4, 0.5) is 8.78 Å². The number of carbonyl (C=O) groups excluding carboxylic acids is 1. The van der Waals surface area contributed by atoms with Gasteiger partial charge in [-0.15, -0.1) is 0 Å². The Kier molecular flexibility index (Phi) is 3.71. The second-order valence-electron chi connectivity index (χ2n) is 3.14. The van der Waals surface area contributed by atoms with Crippen LogP contribution in [0, 0.1) is 11.6 Å². The Morgan fingerprint density at radius 1 is 1.38 bits per heavy atom. The Labute approximate surface area is 91.3 Å². The van der Waals surface area contributed by atoms with Gasteiger partial charge >= 0.3 is 0 Å². The van der Waals surface area contributed by atoms with Crippen molar-refractivity contribution in [1.82, 2.24) is 4.72 Å². The summed E-state index contributed by atoms with van der Waals surface area (Å²) in [5.74, 6) is -2.58. The summed E-state index contributed by atoms with van der Waals surface area (Å²) in [4.78, 5) is 11.3. The van der Waals surface area contributed by atoms with Crippen molar-refractivity contribution in [2.24, 2.45) is 0 Å². The summed E-state index contributed by atoms with van der Waals surface area (Å²) in [5, 5.41) is 0. The molecule has 0 spiro atoms. The fourth-order valence-corrected chi connectivity index (χ4v) is 1.40. The van der Waals surface area contributed by atoms with E-state index in [0.717, 1.165) is 18.4 Å². The van der Waals surface area contributed by atoms with E-state index in [1.54, 1.807) is 0 Å². The van der Waals surface area contributed by atoms with Crippen molar-refractivity contribution in [3.05, 3.63) is 35.4 Å². The smallest absolute Gasteiger partial charge is 0.209 e. The molecular weight excluding hydrogens is 240 g/mol. The molecule has 0 amide bonds. The van der Waals surface area contributed by atoms with Crippen molar-refractivity contribution in [1.29, 1.82) is 0 Å². The molecule has 0 aromatic heterocycles. The third kappa shape index (κ3) is 3.67. The second-order valence-corrected chi connectivity index (χ2v) is 4.97. The molecule has 0 aliphatic rings. The number of benzene rings is 1. The summed E-state index contributed by atoms with van der Waals surface area (Å²) in [6.07, 6.45) is 0.876. The van der Waals surface area contributed by atoms with Crippen LogP contribution >= 0.6 is 0 Å². The highest BCUT2D eigenvalue weighted by molar-refractivity contribution is 7.88. The van der Waals surface area contributed by atoms with E-state index in [4.69, 9.17) is 0 Å². The van der Waals surface area contributed by atoms with E-state index in [2.05, 4.69) is 0 Å². The molecule has 0 bridgehead atoms. The minimum Gasteiger partial charge on any atom is -0.293 e. The summed E-state index contributed by atoms with van der Waals surface area (Å²) < 4.78 is 48.9. The standard InChI is InChI=1S/C9H9F2NO3S/c1-16(14,15)12-5-9(13)7-3-2-6(10)4-8(7)11/h2-4,12H,5H2,1H3. The number of halogens is 2. The normalized spacial score (nSPS) is 11.4. The molecular formula is C9H9F2NO3S. The molecule has 1 aromatic rings. The van der Waals surface area contributed by atoms with Crippen molar-refractivity contribution in [2.75, 3.05) is 12.8 Å². The van der Waals surface area contributed by atoms with E-state index >= 15 is 0 Å². The largest absolute Gasteiger partial charge is 0.293 e. The number of carbonyl (C=O) groups is 1. The molecule has 1 aromatic carbocycles. The number of ketones is 1. The third-order valence-corrected chi connectivity index (χ3v) is 2.40. The molecule has 0 aliphatic carbocycles. The van der Waals surface area contributed by atoms with Crippen molar-refractivity contribution < 1.29 is 22.0 Å². The Balaban J connectivity index is 2.82. The molecule has 16 heavy (non-hydrogen) atoms. The highest BCUT2D eigenvalue weighted by atomic mass is 32.2. The lowest BCUT2D eigenvalue weighted by molar-refractivity contribution is 0.0993. The van der Waals surface area contributed by atoms with Gasteiger partial charge in [-0.05, 0) is 12.1 Å². The Bertz CT molecular complexity index is 513. The van der Waals surface area contributed by atoms with Crippen molar-refractivity contribution in [2.45, 2.75) is 0 Å². The van der Waals surface area contributed by atoms with Crippen molar-refractivity contribution in [3.8, 4) is 0 Å². The van der Waals surface area contributed by atoms with Gasteiger partial charge in [-0.25, -0.2) is 21.9 Å². The lowest BCUT2D eigenvalue weighted by atomic mass is 10.1. The van der Waals surface area contributed by atoms with Crippen LogP contribution in [-0.2, 0) is 10.0 Å². The van der Waals surface area contributed by atoms with Crippen LogP contribution in [0.2, 0.25) is 0 Å². The first-order valence-corrected chi connectivity index (χ1v) is 6.11. The molecule has 1 rings (SSSR count). The van der Waals surface area contributed by atoms with Crippen LogP contribution in [0.15, 0.2) is 18.2 Å². The minimum atomic E-state index is -3.52. The van der Waals surface area contributed by atoms with E-state index in [-0.39, 0.29) is 5.56 Å². The van der Waals surface area contributed by atoms with Crippen molar-refractivity contribution in [3.63, 3.8) is 0 Å². The van der Waals surface area contributed by atoms with Gasteiger partial charge in [0.2, 0.25) is 10.0 Å². The summed E-state index contributed by atoms with van der Waals surface area (Å²) in [5.41, 5.74) is -0.349. The van der Waals surface area contributed by atoms with Crippen LogP contribution in [0.5, 0.6) is 0 Å². The van der Waals surface area contributed by atoms with Crippen LogP contribution < -0.4 is 4.72 Å². The molecule has 0 atom stereocenters. The fraction of sp³-hybridized carbons (Fsp3) is 0.222. The van der Waals surface area contributed by atoms with Gasteiger partial charge in [0, 0.05) is 6.07 Å². The third-order valence-electron chi connectivity index (χ3n) is 1.73. The summed E-state index contributed by atoms with van der Waals surface area (Å²) in [7, 11) is -3.52. The average Bonchev–Trinajstić information content (AvgIpc) is 2.13. The van der Waals surface area contributed by atoms with E-state index in [1.165, 1.54) is 0 Å².